The van der Waals surface area contributed by atoms with E-state index in [-0.39, 0.29) is 5.92 Å². The minimum atomic E-state index is -0.637. The number of ether oxygens (including phenoxy) is 1. The maximum Gasteiger partial charge on any atom is 0.306 e. The van der Waals surface area contributed by atoms with Gasteiger partial charge in [-0.15, -0.1) is 0 Å². The summed E-state index contributed by atoms with van der Waals surface area (Å²) in [6.45, 7) is 4.48. The van der Waals surface area contributed by atoms with Crippen LogP contribution in [0.1, 0.15) is 12.8 Å². The van der Waals surface area contributed by atoms with Gasteiger partial charge in [-0.25, -0.2) is 0 Å². The number of piperidine rings is 1. The second kappa shape index (κ2) is 5.99. The zero-order valence-corrected chi connectivity index (χ0v) is 11.3. The van der Waals surface area contributed by atoms with Crippen LogP contribution in [0.25, 0.3) is 0 Å². The van der Waals surface area contributed by atoms with Gasteiger partial charge in [0.05, 0.1) is 19.1 Å². The molecule has 2 aliphatic rings. The highest BCUT2D eigenvalue weighted by Crippen LogP contribution is 2.26. The van der Waals surface area contributed by atoms with E-state index in [1.807, 2.05) is 0 Å². The molecule has 0 bridgehead atoms. The molecule has 2 atom stereocenters. The smallest absolute Gasteiger partial charge is 0.306 e. The molecule has 2 aliphatic heterocycles. The summed E-state index contributed by atoms with van der Waals surface area (Å²) >= 11 is 0. The van der Waals surface area contributed by atoms with Crippen LogP contribution < -0.4 is 0 Å². The molecule has 2 unspecified atom stereocenters. The molecular formula is C13H24N2O3. The van der Waals surface area contributed by atoms with E-state index in [1.165, 1.54) is 0 Å². The molecule has 1 N–H and O–H groups in total. The number of aliphatic carboxylic acids is 1. The third kappa shape index (κ3) is 3.22. The van der Waals surface area contributed by atoms with Gasteiger partial charge in [0.25, 0.3) is 0 Å². The van der Waals surface area contributed by atoms with Crippen molar-refractivity contribution in [3.8, 4) is 0 Å². The number of nitrogens with zero attached hydrogens (tertiary/aromatic N) is 2. The van der Waals surface area contributed by atoms with Gasteiger partial charge in [0, 0.05) is 18.5 Å². The average molecular weight is 256 g/mol. The summed E-state index contributed by atoms with van der Waals surface area (Å²) in [6, 6.07) is 0.474. The van der Waals surface area contributed by atoms with Crippen molar-refractivity contribution in [1.82, 2.24) is 9.80 Å². The Morgan fingerprint density at radius 1 is 1.33 bits per heavy atom. The molecule has 0 saturated carbocycles. The van der Waals surface area contributed by atoms with Crippen LogP contribution in [0.5, 0.6) is 0 Å². The number of hydrogen-bond donors (Lipinski definition) is 1. The van der Waals surface area contributed by atoms with Gasteiger partial charge in [-0.1, -0.05) is 0 Å². The molecule has 0 aliphatic carbocycles. The molecular weight excluding hydrogens is 232 g/mol. The van der Waals surface area contributed by atoms with E-state index < -0.39 is 5.97 Å². The molecule has 5 heteroatoms. The largest absolute Gasteiger partial charge is 0.481 e. The summed E-state index contributed by atoms with van der Waals surface area (Å²) in [5.74, 6) is -0.223. The first-order chi connectivity index (χ1) is 8.58. The van der Waals surface area contributed by atoms with Crippen molar-refractivity contribution in [2.24, 2.45) is 11.8 Å². The van der Waals surface area contributed by atoms with Crippen molar-refractivity contribution in [2.45, 2.75) is 18.9 Å². The van der Waals surface area contributed by atoms with Gasteiger partial charge in [-0.05, 0) is 40.0 Å². The average Bonchev–Trinajstić information content (AvgIpc) is 2.76. The molecule has 0 aromatic rings. The zero-order valence-electron chi connectivity index (χ0n) is 11.3. The molecule has 0 aromatic carbocycles. The Bertz CT molecular complexity index is 288. The highest BCUT2D eigenvalue weighted by Gasteiger charge is 2.36. The van der Waals surface area contributed by atoms with E-state index >= 15 is 0 Å². The molecule has 2 fully saturated rings. The minimum Gasteiger partial charge on any atom is -0.481 e. The number of rotatable bonds is 4. The maximum atomic E-state index is 10.9. The van der Waals surface area contributed by atoms with E-state index in [0.717, 1.165) is 45.7 Å². The Kier molecular flexibility index (Phi) is 4.59. The van der Waals surface area contributed by atoms with Crippen molar-refractivity contribution < 1.29 is 14.6 Å². The van der Waals surface area contributed by atoms with Crippen molar-refractivity contribution in [2.75, 3.05) is 46.9 Å². The fourth-order valence-electron chi connectivity index (χ4n) is 3.11. The lowest BCUT2D eigenvalue weighted by atomic mass is 9.93. The van der Waals surface area contributed by atoms with Gasteiger partial charge in [0.15, 0.2) is 0 Å². The van der Waals surface area contributed by atoms with Crippen molar-refractivity contribution in [3.63, 3.8) is 0 Å². The van der Waals surface area contributed by atoms with Crippen LogP contribution in [0.2, 0.25) is 0 Å². The number of likely N-dealkylation sites (tertiary alicyclic amines) is 1. The summed E-state index contributed by atoms with van der Waals surface area (Å²) < 4.78 is 5.61. The fourth-order valence-corrected chi connectivity index (χ4v) is 3.11. The maximum absolute atomic E-state index is 10.9. The Morgan fingerprint density at radius 3 is 2.56 bits per heavy atom. The molecule has 18 heavy (non-hydrogen) atoms. The van der Waals surface area contributed by atoms with Crippen molar-refractivity contribution in [3.05, 3.63) is 0 Å². The van der Waals surface area contributed by atoms with Crippen LogP contribution in [-0.4, -0.2) is 73.9 Å². The Morgan fingerprint density at radius 2 is 2.00 bits per heavy atom. The molecule has 0 aromatic heterocycles. The lowest BCUT2D eigenvalue weighted by Crippen LogP contribution is -2.47. The first-order valence-corrected chi connectivity index (χ1v) is 6.77. The third-order valence-corrected chi connectivity index (χ3v) is 4.11. The molecule has 2 heterocycles. The highest BCUT2D eigenvalue weighted by atomic mass is 16.5. The summed E-state index contributed by atoms with van der Waals surface area (Å²) in [5.41, 5.74) is 0. The number of carbonyl (C=O) groups is 1. The molecule has 0 spiro atoms. The number of hydrogen-bond acceptors (Lipinski definition) is 4. The fraction of sp³-hybridized carbons (Fsp3) is 0.923. The third-order valence-electron chi connectivity index (χ3n) is 4.11. The van der Waals surface area contributed by atoms with Gasteiger partial charge >= 0.3 is 5.97 Å². The summed E-state index contributed by atoms with van der Waals surface area (Å²) in [5, 5.41) is 9.01. The SMILES string of the molecule is CN(C)CC1COCC1N1CCC(C(=O)O)CC1. The molecule has 0 amide bonds. The van der Waals surface area contributed by atoms with Crippen LogP contribution >= 0.6 is 0 Å². The molecule has 104 valence electrons. The zero-order chi connectivity index (χ0) is 13.1. The Labute approximate surface area is 109 Å². The first-order valence-electron chi connectivity index (χ1n) is 6.77. The van der Waals surface area contributed by atoms with Crippen LogP contribution in [0.4, 0.5) is 0 Å². The Balaban J connectivity index is 1.86. The van der Waals surface area contributed by atoms with E-state index in [1.54, 1.807) is 0 Å². The summed E-state index contributed by atoms with van der Waals surface area (Å²) in [4.78, 5) is 15.6. The normalized spacial score (nSPS) is 31.1. The van der Waals surface area contributed by atoms with Gasteiger partial charge in [-0.2, -0.15) is 0 Å². The monoisotopic (exact) mass is 256 g/mol. The van der Waals surface area contributed by atoms with Gasteiger partial charge in [-0.3, -0.25) is 9.69 Å². The predicted octanol–water partition coefficient (Wildman–Crippen LogP) is 0.360. The first kappa shape index (κ1) is 13.8. The lowest BCUT2D eigenvalue weighted by molar-refractivity contribution is -0.143. The van der Waals surface area contributed by atoms with Crippen LogP contribution in [0.3, 0.4) is 0 Å². The van der Waals surface area contributed by atoms with Gasteiger partial charge in [0.2, 0.25) is 0 Å². The number of carboxylic acid groups (broad SMARTS) is 1. The van der Waals surface area contributed by atoms with Crippen LogP contribution in [0.15, 0.2) is 0 Å². The van der Waals surface area contributed by atoms with Crippen LogP contribution in [0, 0.1) is 11.8 Å². The minimum absolute atomic E-state index is 0.143. The van der Waals surface area contributed by atoms with E-state index in [2.05, 4.69) is 23.9 Å². The lowest BCUT2D eigenvalue weighted by Gasteiger charge is -2.37. The number of carboxylic acids is 1. The van der Waals surface area contributed by atoms with Gasteiger partial charge in [0.1, 0.15) is 0 Å². The van der Waals surface area contributed by atoms with Crippen molar-refractivity contribution in [1.29, 1.82) is 0 Å². The topological polar surface area (TPSA) is 53.0 Å². The summed E-state index contributed by atoms with van der Waals surface area (Å²) in [7, 11) is 4.18. The van der Waals surface area contributed by atoms with Crippen molar-refractivity contribution >= 4 is 5.97 Å². The second-order valence-electron chi connectivity index (χ2n) is 5.78. The van der Waals surface area contributed by atoms with E-state index in [4.69, 9.17) is 9.84 Å². The second-order valence-corrected chi connectivity index (χ2v) is 5.78. The van der Waals surface area contributed by atoms with E-state index in [0.29, 0.717) is 12.0 Å². The van der Waals surface area contributed by atoms with Crippen LogP contribution in [-0.2, 0) is 9.53 Å². The summed E-state index contributed by atoms with van der Waals surface area (Å²) in [6.07, 6.45) is 1.56. The highest BCUT2D eigenvalue weighted by molar-refractivity contribution is 5.70. The quantitative estimate of drug-likeness (QED) is 0.787. The predicted molar refractivity (Wildman–Crippen MR) is 68.6 cm³/mol. The molecule has 0 radical (unpaired) electrons. The Hall–Kier alpha value is -0.650. The van der Waals surface area contributed by atoms with E-state index in [9.17, 15) is 4.79 Å². The molecule has 5 nitrogen and oxygen atoms in total. The molecule has 2 rings (SSSR count). The van der Waals surface area contributed by atoms with Gasteiger partial charge < -0.3 is 14.7 Å². The molecule has 2 saturated heterocycles. The standard InChI is InChI=1S/C13H24N2O3/c1-14(2)7-11-8-18-9-12(11)15-5-3-10(4-6-15)13(16)17/h10-12H,3-9H2,1-2H3,(H,16,17).